The molecule has 0 amide bonds. The summed E-state index contributed by atoms with van der Waals surface area (Å²) in [7, 11) is -3.88. The van der Waals surface area contributed by atoms with Crippen LogP contribution >= 0.6 is 11.6 Å². The molecule has 2 N–H and O–H groups in total. The van der Waals surface area contributed by atoms with E-state index in [2.05, 4.69) is 9.72 Å². The number of hydrogen-bond donors (Lipinski definition) is 1. The Hall–Kier alpha value is -3.08. The highest BCUT2D eigenvalue weighted by molar-refractivity contribution is 7.89. The number of ether oxygens (including phenoxy) is 1. The molecule has 172 valence electrons. The summed E-state index contributed by atoms with van der Waals surface area (Å²) in [5.74, 6) is -0.0642. The Morgan fingerprint density at radius 2 is 1.82 bits per heavy atom. The number of nitrogens with zero attached hydrogens (tertiary/aromatic N) is 2. The molecule has 0 bridgehead atoms. The van der Waals surface area contributed by atoms with Crippen molar-refractivity contribution in [2.75, 3.05) is 0 Å². The van der Waals surface area contributed by atoms with Crippen molar-refractivity contribution in [1.82, 2.24) is 9.55 Å². The number of nitrogens with two attached hydrogens (primary N) is 1. The number of sulfonamides is 1. The van der Waals surface area contributed by atoms with E-state index < -0.39 is 22.5 Å². The Balaban J connectivity index is 1.80. The van der Waals surface area contributed by atoms with Crippen molar-refractivity contribution in [2.45, 2.75) is 25.0 Å². The van der Waals surface area contributed by atoms with Gasteiger partial charge in [-0.05, 0) is 48.9 Å². The number of primary sulfonamides is 1. The van der Waals surface area contributed by atoms with Crippen LogP contribution in [0.1, 0.15) is 11.4 Å². The second kappa shape index (κ2) is 8.69. The second-order valence-corrected chi connectivity index (χ2v) is 9.26. The Bertz CT molecular complexity index is 1460. The molecule has 4 rings (SSSR count). The van der Waals surface area contributed by atoms with Crippen LogP contribution in [-0.4, -0.2) is 24.6 Å². The molecule has 0 fully saturated rings. The summed E-state index contributed by atoms with van der Waals surface area (Å²) < 4.78 is 69.8. The average Bonchev–Trinajstić information content (AvgIpc) is 3.02. The standard InChI is InChI=1S/C22H17ClF3N3O3S/c1-12-28-19-10-18(24)17(13-2-5-16(6-3-13)33(27,30)31)9-20(19)29(12)11-14-8-15(23)4-7-21(14)32-22(25)26/h2-10,22H,11H2,1H3,(H2,27,30,31). The second-order valence-electron chi connectivity index (χ2n) is 7.27. The molecule has 3 aromatic carbocycles. The molecule has 1 aromatic heterocycles. The number of imidazole rings is 1. The summed E-state index contributed by atoms with van der Waals surface area (Å²) in [5.41, 5.74) is 1.95. The van der Waals surface area contributed by atoms with Crippen LogP contribution in [-0.2, 0) is 16.6 Å². The smallest absolute Gasteiger partial charge is 0.387 e. The van der Waals surface area contributed by atoms with E-state index in [9.17, 15) is 21.6 Å². The van der Waals surface area contributed by atoms with E-state index in [4.69, 9.17) is 16.7 Å². The third kappa shape index (κ3) is 4.82. The van der Waals surface area contributed by atoms with Gasteiger partial charge in [0, 0.05) is 22.2 Å². The number of hydrogen-bond acceptors (Lipinski definition) is 4. The first-order chi connectivity index (χ1) is 15.5. The van der Waals surface area contributed by atoms with E-state index in [1.807, 2.05) is 0 Å². The molecule has 4 aromatic rings. The minimum Gasteiger partial charge on any atom is -0.434 e. The molecule has 0 aliphatic rings. The minimum absolute atomic E-state index is 0.0310. The van der Waals surface area contributed by atoms with Crippen LogP contribution < -0.4 is 9.88 Å². The van der Waals surface area contributed by atoms with E-state index in [1.54, 1.807) is 17.6 Å². The molecular formula is C22H17ClF3N3O3S. The van der Waals surface area contributed by atoms with Gasteiger partial charge in [-0.15, -0.1) is 0 Å². The largest absolute Gasteiger partial charge is 0.434 e. The molecule has 0 aliphatic carbocycles. The highest BCUT2D eigenvalue weighted by Crippen LogP contribution is 2.31. The molecule has 11 heteroatoms. The zero-order chi connectivity index (χ0) is 23.9. The molecular weight excluding hydrogens is 479 g/mol. The van der Waals surface area contributed by atoms with Gasteiger partial charge in [-0.2, -0.15) is 8.78 Å². The van der Waals surface area contributed by atoms with Crippen molar-refractivity contribution in [3.8, 4) is 16.9 Å². The van der Waals surface area contributed by atoms with Crippen molar-refractivity contribution in [3.05, 3.63) is 76.8 Å². The zero-order valence-electron chi connectivity index (χ0n) is 17.1. The summed E-state index contributed by atoms with van der Waals surface area (Å²) in [6.45, 7) is -1.21. The maximum Gasteiger partial charge on any atom is 0.387 e. The molecule has 1 heterocycles. The van der Waals surface area contributed by atoms with Gasteiger partial charge < -0.3 is 9.30 Å². The topological polar surface area (TPSA) is 87.2 Å². The quantitative estimate of drug-likeness (QED) is 0.403. The van der Waals surface area contributed by atoms with Crippen LogP contribution in [0.2, 0.25) is 5.02 Å². The summed E-state index contributed by atoms with van der Waals surface area (Å²) in [6.07, 6.45) is 0. The van der Waals surface area contributed by atoms with Gasteiger partial charge >= 0.3 is 6.61 Å². The van der Waals surface area contributed by atoms with Crippen molar-refractivity contribution in [2.24, 2.45) is 5.14 Å². The number of aromatic nitrogens is 2. The van der Waals surface area contributed by atoms with Crippen molar-refractivity contribution in [1.29, 1.82) is 0 Å². The maximum atomic E-state index is 14.9. The zero-order valence-corrected chi connectivity index (χ0v) is 18.7. The third-order valence-electron chi connectivity index (χ3n) is 5.09. The number of alkyl halides is 2. The normalized spacial score (nSPS) is 12.0. The van der Waals surface area contributed by atoms with Gasteiger partial charge in [0.15, 0.2) is 0 Å². The molecule has 0 radical (unpaired) electrons. The van der Waals surface area contributed by atoms with Gasteiger partial charge in [-0.1, -0.05) is 23.7 Å². The summed E-state index contributed by atoms with van der Waals surface area (Å²) in [6, 6.07) is 12.6. The highest BCUT2D eigenvalue weighted by atomic mass is 35.5. The first kappa shape index (κ1) is 23.1. The van der Waals surface area contributed by atoms with Crippen molar-refractivity contribution < 1.29 is 26.3 Å². The fourth-order valence-corrected chi connectivity index (χ4v) is 4.27. The number of rotatable bonds is 6. The van der Waals surface area contributed by atoms with E-state index in [0.29, 0.717) is 33.0 Å². The van der Waals surface area contributed by atoms with Gasteiger partial charge in [-0.25, -0.2) is 22.9 Å². The molecule has 33 heavy (non-hydrogen) atoms. The van der Waals surface area contributed by atoms with Gasteiger partial charge in [0.2, 0.25) is 10.0 Å². The van der Waals surface area contributed by atoms with E-state index in [0.717, 1.165) is 0 Å². The van der Waals surface area contributed by atoms with Gasteiger partial charge in [0.05, 0.1) is 22.5 Å². The lowest BCUT2D eigenvalue weighted by molar-refractivity contribution is -0.0504. The monoisotopic (exact) mass is 495 g/mol. The van der Waals surface area contributed by atoms with Crippen LogP contribution in [0.4, 0.5) is 13.2 Å². The fourth-order valence-electron chi connectivity index (χ4n) is 3.56. The van der Waals surface area contributed by atoms with Gasteiger partial charge in [0.25, 0.3) is 0 Å². The van der Waals surface area contributed by atoms with Gasteiger partial charge in [-0.3, -0.25) is 0 Å². The van der Waals surface area contributed by atoms with E-state index in [-0.39, 0.29) is 22.8 Å². The van der Waals surface area contributed by atoms with Crippen molar-refractivity contribution >= 4 is 32.7 Å². The van der Waals surface area contributed by atoms with Crippen LogP contribution in [0.5, 0.6) is 5.75 Å². The molecule has 6 nitrogen and oxygen atoms in total. The van der Waals surface area contributed by atoms with Crippen LogP contribution in [0.3, 0.4) is 0 Å². The van der Waals surface area contributed by atoms with Crippen LogP contribution in [0, 0.1) is 12.7 Å². The van der Waals surface area contributed by atoms with Crippen LogP contribution in [0.15, 0.2) is 59.5 Å². The molecule has 0 saturated heterocycles. The molecule has 0 atom stereocenters. The molecule has 0 aliphatic heterocycles. The number of benzene rings is 3. The Morgan fingerprint density at radius 1 is 1.12 bits per heavy atom. The minimum atomic E-state index is -3.88. The molecule has 0 unspecified atom stereocenters. The van der Waals surface area contributed by atoms with Crippen LogP contribution in [0.25, 0.3) is 22.2 Å². The lowest BCUT2D eigenvalue weighted by Crippen LogP contribution is -2.11. The predicted molar refractivity (Wildman–Crippen MR) is 118 cm³/mol. The summed E-state index contributed by atoms with van der Waals surface area (Å²) >= 11 is 6.05. The maximum absolute atomic E-state index is 14.9. The first-order valence-electron chi connectivity index (χ1n) is 9.56. The van der Waals surface area contributed by atoms with Crippen molar-refractivity contribution in [3.63, 3.8) is 0 Å². The molecule has 0 spiro atoms. The number of aryl methyl sites for hydroxylation is 1. The third-order valence-corrected chi connectivity index (χ3v) is 6.25. The fraction of sp³-hybridized carbons (Fsp3) is 0.136. The Kier molecular flexibility index (Phi) is 6.08. The lowest BCUT2D eigenvalue weighted by atomic mass is 10.0. The first-order valence-corrected chi connectivity index (χ1v) is 11.5. The predicted octanol–water partition coefficient (Wildman–Crippen LogP) is 5.10. The summed E-state index contributed by atoms with van der Waals surface area (Å²) in [5, 5.41) is 5.46. The Morgan fingerprint density at radius 3 is 2.45 bits per heavy atom. The highest BCUT2D eigenvalue weighted by Gasteiger charge is 2.17. The average molecular weight is 496 g/mol. The van der Waals surface area contributed by atoms with E-state index in [1.165, 1.54) is 48.5 Å². The number of fused-ring (bicyclic) bond motifs is 1. The Labute approximate surface area is 192 Å². The number of halogens is 4. The van der Waals surface area contributed by atoms with Gasteiger partial charge in [0.1, 0.15) is 17.4 Å². The SMILES string of the molecule is Cc1nc2cc(F)c(-c3ccc(S(N)(=O)=O)cc3)cc2n1Cc1cc(Cl)ccc1OC(F)F. The van der Waals surface area contributed by atoms with E-state index >= 15 is 0 Å². The molecule has 0 saturated carbocycles. The summed E-state index contributed by atoms with van der Waals surface area (Å²) in [4.78, 5) is 4.27. The lowest BCUT2D eigenvalue weighted by Gasteiger charge is -2.14.